The normalized spacial score (nSPS) is 34.3. The highest BCUT2D eigenvalue weighted by Crippen LogP contribution is 2.23. The Morgan fingerprint density at radius 1 is 1.38 bits per heavy atom. The van der Waals surface area contributed by atoms with Gasteiger partial charge in [0.1, 0.15) is 0 Å². The zero-order valence-electron chi connectivity index (χ0n) is 9.48. The molecule has 2 fully saturated rings. The second-order valence-electron chi connectivity index (χ2n) is 4.75. The number of carboxylic acids is 1. The van der Waals surface area contributed by atoms with Crippen LogP contribution in [0.1, 0.15) is 19.8 Å². The molecule has 0 radical (unpaired) electrons. The van der Waals surface area contributed by atoms with Gasteiger partial charge in [-0.2, -0.15) is 0 Å². The van der Waals surface area contributed by atoms with E-state index in [-0.39, 0.29) is 23.8 Å². The smallest absolute Gasteiger partial charge is 0.308 e. The third kappa shape index (κ3) is 2.04. The lowest BCUT2D eigenvalue weighted by Crippen LogP contribution is -2.39. The summed E-state index contributed by atoms with van der Waals surface area (Å²) < 4.78 is 0. The Balaban J connectivity index is 1.94. The summed E-state index contributed by atoms with van der Waals surface area (Å²) in [6.45, 7) is 3.88. The van der Waals surface area contributed by atoms with Gasteiger partial charge in [-0.1, -0.05) is 0 Å². The van der Waals surface area contributed by atoms with Crippen LogP contribution in [0.25, 0.3) is 0 Å². The van der Waals surface area contributed by atoms with Crippen LogP contribution in [0.15, 0.2) is 0 Å². The Morgan fingerprint density at radius 2 is 2.12 bits per heavy atom. The van der Waals surface area contributed by atoms with Gasteiger partial charge in [0.2, 0.25) is 5.91 Å². The fourth-order valence-corrected chi connectivity index (χ4v) is 2.59. The van der Waals surface area contributed by atoms with Gasteiger partial charge in [0.15, 0.2) is 0 Å². The number of rotatable bonds is 2. The van der Waals surface area contributed by atoms with Crippen molar-refractivity contribution in [3.8, 4) is 0 Å². The van der Waals surface area contributed by atoms with Crippen LogP contribution < -0.4 is 5.32 Å². The number of nitrogens with zero attached hydrogens (tertiary/aromatic N) is 1. The molecule has 2 saturated heterocycles. The summed E-state index contributed by atoms with van der Waals surface area (Å²) in [5, 5.41) is 12.1. The molecule has 2 aliphatic heterocycles. The summed E-state index contributed by atoms with van der Waals surface area (Å²) in [7, 11) is 0. The third-order valence-corrected chi connectivity index (χ3v) is 3.69. The van der Waals surface area contributed by atoms with E-state index in [0.29, 0.717) is 19.5 Å². The van der Waals surface area contributed by atoms with E-state index >= 15 is 0 Å². The average Bonchev–Trinajstić information content (AvgIpc) is 2.84. The number of likely N-dealkylation sites (tertiary alicyclic amines) is 1. The summed E-state index contributed by atoms with van der Waals surface area (Å²) in [4.78, 5) is 24.6. The van der Waals surface area contributed by atoms with E-state index in [1.165, 1.54) is 0 Å². The number of aliphatic carboxylic acids is 1. The number of amides is 1. The molecular formula is C11H18N2O3. The maximum Gasteiger partial charge on any atom is 0.308 e. The van der Waals surface area contributed by atoms with E-state index in [2.05, 4.69) is 5.32 Å². The highest BCUT2D eigenvalue weighted by molar-refractivity contribution is 5.81. The third-order valence-electron chi connectivity index (χ3n) is 3.69. The summed E-state index contributed by atoms with van der Waals surface area (Å²) in [6, 6.07) is 0.219. The summed E-state index contributed by atoms with van der Waals surface area (Å²) >= 11 is 0. The van der Waals surface area contributed by atoms with Crippen molar-refractivity contribution in [1.29, 1.82) is 0 Å². The Hall–Kier alpha value is -1.10. The van der Waals surface area contributed by atoms with E-state index < -0.39 is 5.97 Å². The standard InChI is InChI=1S/C11H18N2O3/c1-7-9(2-4-12-7)10(14)13-5-3-8(6-13)11(15)16/h7-9,12H,2-6H2,1H3,(H,15,16). The molecule has 0 bridgehead atoms. The number of hydrogen-bond acceptors (Lipinski definition) is 3. The van der Waals surface area contributed by atoms with Crippen molar-refractivity contribution in [3.63, 3.8) is 0 Å². The highest BCUT2D eigenvalue weighted by Gasteiger charge is 2.37. The van der Waals surface area contributed by atoms with E-state index in [4.69, 9.17) is 5.11 Å². The van der Waals surface area contributed by atoms with Crippen molar-refractivity contribution in [2.24, 2.45) is 11.8 Å². The molecule has 16 heavy (non-hydrogen) atoms. The lowest BCUT2D eigenvalue weighted by atomic mass is 10.0. The zero-order valence-corrected chi connectivity index (χ0v) is 9.48. The van der Waals surface area contributed by atoms with Crippen molar-refractivity contribution < 1.29 is 14.7 Å². The van der Waals surface area contributed by atoms with Crippen molar-refractivity contribution in [3.05, 3.63) is 0 Å². The van der Waals surface area contributed by atoms with E-state index in [9.17, 15) is 9.59 Å². The first-order chi connectivity index (χ1) is 7.59. The Bertz CT molecular complexity index is 306. The zero-order chi connectivity index (χ0) is 11.7. The molecule has 0 aliphatic carbocycles. The molecule has 0 spiro atoms. The monoisotopic (exact) mass is 226 g/mol. The Kier molecular flexibility index (Phi) is 3.14. The number of hydrogen-bond donors (Lipinski definition) is 2. The minimum Gasteiger partial charge on any atom is -0.481 e. The van der Waals surface area contributed by atoms with Crippen LogP contribution in [-0.4, -0.2) is 47.6 Å². The van der Waals surface area contributed by atoms with E-state index in [1.807, 2.05) is 6.92 Å². The number of carboxylic acid groups (broad SMARTS) is 1. The van der Waals surface area contributed by atoms with Crippen molar-refractivity contribution >= 4 is 11.9 Å². The number of carbonyl (C=O) groups is 2. The summed E-state index contributed by atoms with van der Waals surface area (Å²) in [6.07, 6.45) is 1.46. The van der Waals surface area contributed by atoms with Gasteiger partial charge >= 0.3 is 5.97 Å². The second kappa shape index (κ2) is 4.41. The topological polar surface area (TPSA) is 69.6 Å². The maximum atomic E-state index is 12.1. The quantitative estimate of drug-likeness (QED) is 0.691. The average molecular weight is 226 g/mol. The fraction of sp³-hybridized carbons (Fsp3) is 0.818. The van der Waals surface area contributed by atoms with Crippen molar-refractivity contribution in [2.45, 2.75) is 25.8 Å². The molecule has 3 atom stereocenters. The minimum absolute atomic E-state index is 0.0348. The van der Waals surface area contributed by atoms with Gasteiger partial charge in [-0.15, -0.1) is 0 Å². The van der Waals surface area contributed by atoms with Gasteiger partial charge in [0, 0.05) is 19.1 Å². The van der Waals surface area contributed by atoms with Gasteiger partial charge in [-0.05, 0) is 26.3 Å². The molecule has 2 aliphatic rings. The lowest BCUT2D eigenvalue weighted by Gasteiger charge is -2.22. The molecule has 2 N–H and O–H groups in total. The predicted octanol–water partition coefficient (Wildman–Crippen LogP) is -0.0825. The molecular weight excluding hydrogens is 208 g/mol. The predicted molar refractivity (Wildman–Crippen MR) is 57.9 cm³/mol. The second-order valence-corrected chi connectivity index (χ2v) is 4.75. The largest absolute Gasteiger partial charge is 0.481 e. The van der Waals surface area contributed by atoms with Gasteiger partial charge < -0.3 is 15.3 Å². The summed E-state index contributed by atoms with van der Waals surface area (Å²) in [5.41, 5.74) is 0. The van der Waals surface area contributed by atoms with Crippen LogP contribution in [0.4, 0.5) is 0 Å². The Labute approximate surface area is 94.8 Å². The summed E-state index contributed by atoms with van der Waals surface area (Å²) in [5.74, 6) is -0.990. The molecule has 2 rings (SSSR count). The molecule has 3 unspecified atom stereocenters. The van der Waals surface area contributed by atoms with Gasteiger partial charge in [-0.25, -0.2) is 0 Å². The Morgan fingerprint density at radius 3 is 2.62 bits per heavy atom. The van der Waals surface area contributed by atoms with Crippen LogP contribution in [0.2, 0.25) is 0 Å². The van der Waals surface area contributed by atoms with Crippen LogP contribution >= 0.6 is 0 Å². The number of carbonyl (C=O) groups excluding carboxylic acids is 1. The van der Waals surface area contributed by atoms with E-state index in [1.54, 1.807) is 4.90 Å². The molecule has 0 saturated carbocycles. The molecule has 0 aromatic carbocycles. The molecule has 0 aromatic rings. The molecule has 5 nitrogen and oxygen atoms in total. The van der Waals surface area contributed by atoms with Crippen LogP contribution in [0.5, 0.6) is 0 Å². The van der Waals surface area contributed by atoms with Crippen LogP contribution in [0.3, 0.4) is 0 Å². The fourth-order valence-electron chi connectivity index (χ4n) is 2.59. The van der Waals surface area contributed by atoms with E-state index in [0.717, 1.165) is 13.0 Å². The van der Waals surface area contributed by atoms with Crippen LogP contribution in [0, 0.1) is 11.8 Å². The maximum absolute atomic E-state index is 12.1. The first-order valence-electron chi connectivity index (χ1n) is 5.84. The van der Waals surface area contributed by atoms with Gasteiger partial charge in [0.25, 0.3) is 0 Å². The minimum atomic E-state index is -0.784. The van der Waals surface area contributed by atoms with Crippen molar-refractivity contribution in [2.75, 3.05) is 19.6 Å². The molecule has 5 heteroatoms. The highest BCUT2D eigenvalue weighted by atomic mass is 16.4. The first-order valence-corrected chi connectivity index (χ1v) is 5.84. The molecule has 0 aromatic heterocycles. The molecule has 1 amide bonds. The molecule has 90 valence electrons. The van der Waals surface area contributed by atoms with Crippen LogP contribution in [-0.2, 0) is 9.59 Å². The number of nitrogens with one attached hydrogen (secondary N) is 1. The van der Waals surface area contributed by atoms with Gasteiger partial charge in [-0.3, -0.25) is 9.59 Å². The molecule has 2 heterocycles. The van der Waals surface area contributed by atoms with Gasteiger partial charge in [0.05, 0.1) is 11.8 Å². The van der Waals surface area contributed by atoms with Crippen molar-refractivity contribution in [1.82, 2.24) is 10.2 Å². The lowest BCUT2D eigenvalue weighted by molar-refractivity contribution is -0.141. The SMILES string of the molecule is CC1NCCC1C(=O)N1CCC(C(=O)O)C1. The first kappa shape index (κ1) is 11.4.